The fraction of sp³-hybridized carbons (Fsp3) is 0.471. The summed E-state index contributed by atoms with van der Waals surface area (Å²) in [5.41, 5.74) is 0.293. The molecule has 0 aromatic heterocycles. The zero-order chi connectivity index (χ0) is 17.2. The van der Waals surface area contributed by atoms with E-state index in [0.717, 1.165) is 6.42 Å². The van der Waals surface area contributed by atoms with E-state index in [1.807, 2.05) is 0 Å². The molecule has 0 spiro atoms. The van der Waals surface area contributed by atoms with E-state index in [4.69, 9.17) is 9.47 Å². The fourth-order valence-electron chi connectivity index (χ4n) is 2.38. The molecule has 0 bridgehead atoms. The van der Waals surface area contributed by atoms with E-state index in [2.05, 4.69) is 0 Å². The highest BCUT2D eigenvalue weighted by atomic mass is 16.6. The second kappa shape index (κ2) is 6.40. The summed E-state index contributed by atoms with van der Waals surface area (Å²) in [6, 6.07) is 4.55. The van der Waals surface area contributed by atoms with Gasteiger partial charge in [-0.15, -0.1) is 0 Å². The van der Waals surface area contributed by atoms with Crippen LogP contribution in [0.3, 0.4) is 0 Å². The van der Waals surface area contributed by atoms with Crippen LogP contribution in [0.15, 0.2) is 18.2 Å². The summed E-state index contributed by atoms with van der Waals surface area (Å²) in [5, 5.41) is 0. The lowest BCUT2D eigenvalue weighted by molar-refractivity contribution is -0.117. The maximum absolute atomic E-state index is 12.3. The molecule has 1 aromatic rings. The van der Waals surface area contributed by atoms with E-state index in [0.29, 0.717) is 18.7 Å². The first kappa shape index (κ1) is 17.0. The van der Waals surface area contributed by atoms with Gasteiger partial charge in [0.2, 0.25) is 5.91 Å². The molecule has 1 fully saturated rings. The van der Waals surface area contributed by atoms with Crippen LogP contribution in [0.25, 0.3) is 0 Å². The van der Waals surface area contributed by atoms with Gasteiger partial charge >= 0.3 is 11.9 Å². The second-order valence-corrected chi connectivity index (χ2v) is 6.41. The monoisotopic (exact) mass is 319 g/mol. The maximum Gasteiger partial charge on any atom is 0.338 e. The van der Waals surface area contributed by atoms with Gasteiger partial charge in [0, 0.05) is 18.7 Å². The van der Waals surface area contributed by atoms with Gasteiger partial charge < -0.3 is 14.4 Å². The number of amides is 1. The van der Waals surface area contributed by atoms with Crippen molar-refractivity contribution in [2.45, 2.75) is 39.2 Å². The minimum atomic E-state index is -0.651. The van der Waals surface area contributed by atoms with Gasteiger partial charge in [-0.05, 0) is 45.4 Å². The van der Waals surface area contributed by atoms with Crippen LogP contribution in [-0.4, -0.2) is 37.1 Å². The van der Waals surface area contributed by atoms with Crippen LogP contribution in [0.5, 0.6) is 0 Å². The van der Waals surface area contributed by atoms with Gasteiger partial charge in [-0.2, -0.15) is 0 Å². The van der Waals surface area contributed by atoms with Crippen LogP contribution in [0.2, 0.25) is 0 Å². The Balaban J connectivity index is 2.43. The number of methoxy groups -OCH3 is 1. The Morgan fingerprint density at radius 3 is 2.17 bits per heavy atom. The first-order chi connectivity index (χ1) is 10.7. The van der Waals surface area contributed by atoms with Crippen LogP contribution in [0.4, 0.5) is 5.69 Å². The molecule has 1 aliphatic rings. The number of rotatable bonds is 3. The molecule has 1 saturated heterocycles. The van der Waals surface area contributed by atoms with Gasteiger partial charge in [0.15, 0.2) is 0 Å². The SMILES string of the molecule is COC(=O)c1cc(C(=O)OC(C)(C)C)cc(N2CCCC2=O)c1. The lowest BCUT2D eigenvalue weighted by Gasteiger charge is -2.21. The van der Waals surface area contributed by atoms with Gasteiger partial charge in [0.1, 0.15) is 5.60 Å². The summed E-state index contributed by atoms with van der Waals surface area (Å²) < 4.78 is 10.1. The maximum atomic E-state index is 12.3. The molecule has 23 heavy (non-hydrogen) atoms. The predicted octanol–water partition coefficient (Wildman–Crippen LogP) is 2.56. The van der Waals surface area contributed by atoms with Crippen molar-refractivity contribution < 1.29 is 23.9 Å². The molecule has 0 unspecified atom stereocenters. The number of hydrogen-bond donors (Lipinski definition) is 0. The third kappa shape index (κ3) is 4.09. The Bertz CT molecular complexity index is 645. The van der Waals surface area contributed by atoms with E-state index >= 15 is 0 Å². The number of esters is 2. The van der Waals surface area contributed by atoms with E-state index < -0.39 is 17.5 Å². The molecule has 0 radical (unpaired) electrons. The van der Waals surface area contributed by atoms with Crippen molar-refractivity contribution in [2.75, 3.05) is 18.6 Å². The quantitative estimate of drug-likeness (QED) is 0.801. The molecule has 0 saturated carbocycles. The molecule has 2 rings (SSSR count). The predicted molar refractivity (Wildman–Crippen MR) is 84.5 cm³/mol. The first-order valence-corrected chi connectivity index (χ1v) is 7.48. The number of carbonyl (C=O) groups excluding carboxylic acids is 3. The third-order valence-electron chi connectivity index (χ3n) is 3.36. The summed E-state index contributed by atoms with van der Waals surface area (Å²) >= 11 is 0. The van der Waals surface area contributed by atoms with Crippen molar-refractivity contribution in [3.63, 3.8) is 0 Å². The Kier molecular flexibility index (Phi) is 4.73. The summed E-state index contributed by atoms with van der Waals surface area (Å²) in [5.74, 6) is -1.14. The van der Waals surface area contributed by atoms with E-state index in [-0.39, 0.29) is 17.0 Å². The number of benzene rings is 1. The minimum absolute atomic E-state index is 0.0258. The largest absolute Gasteiger partial charge is 0.465 e. The van der Waals surface area contributed by atoms with Crippen molar-refractivity contribution in [1.29, 1.82) is 0 Å². The molecule has 0 aliphatic carbocycles. The van der Waals surface area contributed by atoms with E-state index in [1.54, 1.807) is 37.8 Å². The summed E-state index contributed by atoms with van der Waals surface area (Å²) in [6.07, 6.45) is 1.22. The molecular formula is C17H21NO5. The molecular weight excluding hydrogens is 298 g/mol. The van der Waals surface area contributed by atoms with E-state index in [9.17, 15) is 14.4 Å². The lowest BCUT2D eigenvalue weighted by Crippen LogP contribution is -2.26. The van der Waals surface area contributed by atoms with Gasteiger partial charge in [0.05, 0.1) is 18.2 Å². The highest BCUT2D eigenvalue weighted by Crippen LogP contribution is 2.26. The van der Waals surface area contributed by atoms with Crippen LogP contribution < -0.4 is 4.90 Å². The average Bonchev–Trinajstić information content (AvgIpc) is 2.90. The number of anilines is 1. The zero-order valence-electron chi connectivity index (χ0n) is 13.8. The summed E-state index contributed by atoms with van der Waals surface area (Å²) in [6.45, 7) is 5.86. The number of hydrogen-bond acceptors (Lipinski definition) is 5. The zero-order valence-corrected chi connectivity index (χ0v) is 13.8. The van der Waals surface area contributed by atoms with Crippen LogP contribution >= 0.6 is 0 Å². The second-order valence-electron chi connectivity index (χ2n) is 6.41. The van der Waals surface area contributed by atoms with E-state index in [1.165, 1.54) is 13.2 Å². The van der Waals surface area contributed by atoms with Crippen LogP contribution in [-0.2, 0) is 14.3 Å². The van der Waals surface area contributed by atoms with Gasteiger partial charge in [-0.3, -0.25) is 4.79 Å². The molecule has 1 aromatic carbocycles. The Hall–Kier alpha value is -2.37. The molecule has 124 valence electrons. The minimum Gasteiger partial charge on any atom is -0.465 e. The molecule has 0 N–H and O–H groups in total. The van der Waals surface area contributed by atoms with Crippen LogP contribution in [0.1, 0.15) is 54.3 Å². The highest BCUT2D eigenvalue weighted by molar-refractivity contribution is 6.01. The average molecular weight is 319 g/mol. The number of carbonyl (C=O) groups is 3. The van der Waals surface area contributed by atoms with Crippen molar-refractivity contribution in [1.82, 2.24) is 0 Å². The Morgan fingerprint density at radius 2 is 1.70 bits per heavy atom. The molecule has 1 amide bonds. The van der Waals surface area contributed by atoms with Crippen molar-refractivity contribution in [3.05, 3.63) is 29.3 Å². The van der Waals surface area contributed by atoms with Crippen molar-refractivity contribution >= 4 is 23.5 Å². The Morgan fingerprint density at radius 1 is 1.09 bits per heavy atom. The number of ether oxygens (including phenoxy) is 2. The molecule has 1 aliphatic heterocycles. The topological polar surface area (TPSA) is 72.9 Å². The number of nitrogens with zero attached hydrogens (tertiary/aromatic N) is 1. The molecule has 6 heteroatoms. The van der Waals surface area contributed by atoms with Gasteiger partial charge in [-0.25, -0.2) is 9.59 Å². The van der Waals surface area contributed by atoms with Gasteiger partial charge in [-0.1, -0.05) is 0 Å². The normalized spacial score (nSPS) is 14.8. The summed E-state index contributed by atoms with van der Waals surface area (Å²) in [7, 11) is 1.27. The lowest BCUT2D eigenvalue weighted by atomic mass is 10.1. The molecule has 1 heterocycles. The molecule has 6 nitrogen and oxygen atoms in total. The van der Waals surface area contributed by atoms with Crippen molar-refractivity contribution in [2.24, 2.45) is 0 Å². The van der Waals surface area contributed by atoms with Crippen LogP contribution in [0, 0.1) is 0 Å². The first-order valence-electron chi connectivity index (χ1n) is 7.48. The highest BCUT2D eigenvalue weighted by Gasteiger charge is 2.25. The summed E-state index contributed by atoms with van der Waals surface area (Å²) in [4.78, 5) is 37.6. The standard InChI is InChI=1S/C17H21NO5/c1-17(2,3)23-16(21)12-8-11(15(20)22-4)9-13(10-12)18-7-5-6-14(18)19/h8-10H,5-7H2,1-4H3. The third-order valence-corrected chi connectivity index (χ3v) is 3.36. The fourth-order valence-corrected chi connectivity index (χ4v) is 2.38. The smallest absolute Gasteiger partial charge is 0.338 e. The molecule has 0 atom stereocenters. The Labute approximate surface area is 135 Å². The van der Waals surface area contributed by atoms with Gasteiger partial charge in [0.25, 0.3) is 0 Å². The van der Waals surface area contributed by atoms with Crippen molar-refractivity contribution in [3.8, 4) is 0 Å².